The Morgan fingerprint density at radius 2 is 2.29 bits per heavy atom. The van der Waals surface area contributed by atoms with Gasteiger partial charge < -0.3 is 4.74 Å². The van der Waals surface area contributed by atoms with Gasteiger partial charge in [-0.15, -0.1) is 11.3 Å². The van der Waals surface area contributed by atoms with Crippen molar-refractivity contribution >= 4 is 21.4 Å². The highest BCUT2D eigenvalue weighted by Crippen LogP contribution is 2.33. The summed E-state index contributed by atoms with van der Waals surface area (Å²) >= 11 is 1.64. The molecule has 2 aromatic rings. The molecule has 1 heterocycles. The number of thiophene rings is 1. The van der Waals surface area contributed by atoms with Crippen LogP contribution >= 0.6 is 11.3 Å². The van der Waals surface area contributed by atoms with Crippen molar-refractivity contribution in [3.8, 4) is 5.75 Å². The monoisotopic (exact) mass is 209 g/mol. The fourth-order valence-electron chi connectivity index (χ4n) is 1.45. The summed E-state index contributed by atoms with van der Waals surface area (Å²) in [4.78, 5) is 4.63. The van der Waals surface area contributed by atoms with Gasteiger partial charge in [-0.2, -0.15) is 0 Å². The maximum absolute atomic E-state index is 5.26. The van der Waals surface area contributed by atoms with E-state index in [0.29, 0.717) is 6.61 Å². The first-order valence-electron chi connectivity index (χ1n) is 4.21. The summed E-state index contributed by atoms with van der Waals surface area (Å²) in [6.07, 6.45) is 0. The summed E-state index contributed by atoms with van der Waals surface area (Å²) in [5.41, 5.74) is 1.10. The first-order valence-corrected chi connectivity index (χ1v) is 5.09. The average Bonchev–Trinajstić information content (AvgIpc) is 2.62. The van der Waals surface area contributed by atoms with Crippen LogP contribution in [0.15, 0.2) is 23.6 Å². The molecule has 0 fully saturated rings. The highest BCUT2D eigenvalue weighted by Gasteiger charge is 2.07. The van der Waals surface area contributed by atoms with Gasteiger partial charge in [0.2, 0.25) is 0 Å². The molecule has 74 valence electrons. The molecule has 0 aliphatic carbocycles. The van der Waals surface area contributed by atoms with Gasteiger partial charge in [-0.05, 0) is 17.0 Å². The van der Waals surface area contributed by atoms with E-state index in [-0.39, 0.29) is 0 Å². The summed E-state index contributed by atoms with van der Waals surface area (Å²) in [6.45, 7) is 0.438. The molecule has 1 aromatic carbocycles. The van der Waals surface area contributed by atoms with Crippen molar-refractivity contribution < 1.29 is 9.57 Å². The van der Waals surface area contributed by atoms with Gasteiger partial charge in [-0.3, -0.25) is 4.84 Å². The Balaban J connectivity index is 2.57. The van der Waals surface area contributed by atoms with E-state index in [1.54, 1.807) is 18.4 Å². The number of hydrogen-bond donors (Lipinski definition) is 1. The molecule has 0 radical (unpaired) electrons. The topological polar surface area (TPSA) is 44.5 Å². The lowest BCUT2D eigenvalue weighted by Crippen LogP contribution is -1.97. The minimum absolute atomic E-state index is 0.438. The van der Waals surface area contributed by atoms with E-state index in [9.17, 15) is 0 Å². The van der Waals surface area contributed by atoms with E-state index in [4.69, 9.17) is 10.6 Å². The number of fused-ring (bicyclic) bond motifs is 1. The number of rotatable bonds is 3. The van der Waals surface area contributed by atoms with Crippen LogP contribution < -0.4 is 10.6 Å². The molecule has 14 heavy (non-hydrogen) atoms. The first-order chi connectivity index (χ1) is 6.86. The van der Waals surface area contributed by atoms with Crippen molar-refractivity contribution in [3.63, 3.8) is 0 Å². The van der Waals surface area contributed by atoms with Crippen molar-refractivity contribution in [2.45, 2.75) is 6.61 Å². The smallest absolute Gasteiger partial charge is 0.136 e. The third-order valence-electron chi connectivity index (χ3n) is 2.10. The number of methoxy groups -OCH3 is 1. The van der Waals surface area contributed by atoms with Crippen molar-refractivity contribution in [2.75, 3.05) is 7.11 Å². The molecule has 0 bridgehead atoms. The molecular weight excluding hydrogens is 198 g/mol. The third-order valence-corrected chi connectivity index (χ3v) is 3.16. The van der Waals surface area contributed by atoms with Crippen LogP contribution in [-0.2, 0) is 11.4 Å². The van der Waals surface area contributed by atoms with Crippen LogP contribution in [0.5, 0.6) is 5.75 Å². The second-order valence-corrected chi connectivity index (χ2v) is 3.79. The van der Waals surface area contributed by atoms with Gasteiger partial charge in [-0.25, -0.2) is 5.90 Å². The molecule has 2 rings (SSSR count). The summed E-state index contributed by atoms with van der Waals surface area (Å²) < 4.78 is 6.40. The summed E-state index contributed by atoms with van der Waals surface area (Å²) in [5, 5.41) is 3.19. The van der Waals surface area contributed by atoms with Crippen molar-refractivity contribution in [1.29, 1.82) is 0 Å². The van der Waals surface area contributed by atoms with Crippen LogP contribution in [0.2, 0.25) is 0 Å². The zero-order valence-corrected chi connectivity index (χ0v) is 8.64. The van der Waals surface area contributed by atoms with Crippen LogP contribution in [0.25, 0.3) is 10.1 Å². The molecule has 0 atom stereocenters. The third kappa shape index (κ3) is 1.48. The zero-order chi connectivity index (χ0) is 9.97. The molecule has 1 aromatic heterocycles. The minimum Gasteiger partial charge on any atom is -0.495 e. The number of ether oxygens (including phenoxy) is 1. The lowest BCUT2D eigenvalue weighted by Gasteiger charge is -2.01. The first kappa shape index (κ1) is 9.45. The standard InChI is InChI=1S/C10H11NO2S/c1-12-9-4-2-3-8-7(5-13-11)6-14-10(8)9/h2-4,6H,5,11H2,1H3. The van der Waals surface area contributed by atoms with E-state index in [1.807, 2.05) is 23.6 Å². The Hall–Kier alpha value is -1.10. The molecule has 0 spiro atoms. The Kier molecular flexibility index (Phi) is 2.67. The molecule has 2 N–H and O–H groups in total. The Morgan fingerprint density at radius 1 is 1.43 bits per heavy atom. The van der Waals surface area contributed by atoms with Gasteiger partial charge in [0.1, 0.15) is 5.75 Å². The van der Waals surface area contributed by atoms with E-state index in [1.165, 1.54) is 0 Å². The molecule has 0 amide bonds. The van der Waals surface area contributed by atoms with Gasteiger partial charge in [-0.1, -0.05) is 12.1 Å². The average molecular weight is 209 g/mol. The molecule has 0 unspecified atom stereocenters. The van der Waals surface area contributed by atoms with Crippen LogP contribution in [-0.4, -0.2) is 7.11 Å². The zero-order valence-electron chi connectivity index (χ0n) is 7.82. The second-order valence-electron chi connectivity index (χ2n) is 2.91. The van der Waals surface area contributed by atoms with Crippen LogP contribution in [0.1, 0.15) is 5.56 Å². The minimum atomic E-state index is 0.438. The predicted octanol–water partition coefficient (Wildman–Crippen LogP) is 2.30. The van der Waals surface area contributed by atoms with Gasteiger partial charge >= 0.3 is 0 Å². The second kappa shape index (κ2) is 3.96. The Bertz CT molecular complexity index is 439. The normalized spacial score (nSPS) is 10.7. The quantitative estimate of drug-likeness (QED) is 0.789. The van der Waals surface area contributed by atoms with E-state index in [0.717, 1.165) is 21.4 Å². The highest BCUT2D eigenvalue weighted by atomic mass is 32.1. The molecule has 0 aliphatic heterocycles. The fraction of sp³-hybridized carbons (Fsp3) is 0.200. The lowest BCUT2D eigenvalue weighted by atomic mass is 10.2. The summed E-state index contributed by atoms with van der Waals surface area (Å²) in [6, 6.07) is 5.96. The van der Waals surface area contributed by atoms with Crippen LogP contribution in [0.3, 0.4) is 0 Å². The van der Waals surface area contributed by atoms with E-state index in [2.05, 4.69) is 4.84 Å². The largest absolute Gasteiger partial charge is 0.495 e. The van der Waals surface area contributed by atoms with Crippen LogP contribution in [0, 0.1) is 0 Å². The molecule has 0 saturated heterocycles. The number of benzene rings is 1. The molecular formula is C10H11NO2S. The van der Waals surface area contributed by atoms with Gasteiger partial charge in [0, 0.05) is 5.39 Å². The Morgan fingerprint density at radius 3 is 3.00 bits per heavy atom. The van der Waals surface area contributed by atoms with Crippen molar-refractivity contribution in [1.82, 2.24) is 0 Å². The lowest BCUT2D eigenvalue weighted by molar-refractivity contribution is 0.125. The van der Waals surface area contributed by atoms with E-state index < -0.39 is 0 Å². The van der Waals surface area contributed by atoms with E-state index >= 15 is 0 Å². The van der Waals surface area contributed by atoms with Gasteiger partial charge in [0.25, 0.3) is 0 Å². The van der Waals surface area contributed by atoms with Crippen molar-refractivity contribution in [2.24, 2.45) is 5.90 Å². The molecule has 4 heteroatoms. The summed E-state index contributed by atoms with van der Waals surface area (Å²) in [5.74, 6) is 5.95. The number of hydrogen-bond acceptors (Lipinski definition) is 4. The Labute approximate surface area is 86.0 Å². The maximum atomic E-state index is 5.26. The number of nitrogens with two attached hydrogens (primary N) is 1. The van der Waals surface area contributed by atoms with Gasteiger partial charge in [0.15, 0.2) is 0 Å². The highest BCUT2D eigenvalue weighted by molar-refractivity contribution is 7.17. The SMILES string of the molecule is COc1cccc2c(CON)csc12. The van der Waals surface area contributed by atoms with Gasteiger partial charge in [0.05, 0.1) is 18.4 Å². The summed E-state index contributed by atoms with van der Waals surface area (Å²) in [7, 11) is 1.67. The molecule has 0 aliphatic rings. The van der Waals surface area contributed by atoms with Crippen LogP contribution in [0.4, 0.5) is 0 Å². The maximum Gasteiger partial charge on any atom is 0.136 e. The van der Waals surface area contributed by atoms with Crippen molar-refractivity contribution in [3.05, 3.63) is 29.1 Å². The molecule has 0 saturated carbocycles. The fourth-order valence-corrected chi connectivity index (χ4v) is 2.49. The predicted molar refractivity (Wildman–Crippen MR) is 57.4 cm³/mol. The molecule has 3 nitrogen and oxygen atoms in total.